The number of anilines is 2. The fourth-order valence-corrected chi connectivity index (χ4v) is 3.67. The van der Waals surface area contributed by atoms with Gasteiger partial charge in [-0.3, -0.25) is 0 Å². The zero-order chi connectivity index (χ0) is 15.6. The highest BCUT2D eigenvalue weighted by Gasteiger charge is 2.21. The highest BCUT2D eigenvalue weighted by atomic mass is 32.2. The van der Waals surface area contributed by atoms with Crippen LogP contribution in [0, 0.1) is 6.92 Å². The van der Waals surface area contributed by atoms with E-state index >= 15 is 0 Å². The molecule has 1 heterocycles. The Morgan fingerprint density at radius 2 is 2.14 bits per heavy atom. The van der Waals surface area contributed by atoms with Crippen LogP contribution in [0.2, 0.25) is 0 Å². The van der Waals surface area contributed by atoms with E-state index in [-0.39, 0.29) is 4.90 Å². The van der Waals surface area contributed by atoms with Crippen LogP contribution in [0.25, 0.3) is 0 Å². The lowest BCUT2D eigenvalue weighted by Crippen LogP contribution is -2.42. The van der Waals surface area contributed by atoms with Crippen LogP contribution < -0.4 is 16.2 Å². The van der Waals surface area contributed by atoms with Crippen molar-refractivity contribution in [1.29, 1.82) is 0 Å². The number of sulfonamides is 1. The molecule has 1 aliphatic heterocycles. The van der Waals surface area contributed by atoms with Gasteiger partial charge in [-0.1, -0.05) is 6.92 Å². The Morgan fingerprint density at radius 3 is 2.76 bits per heavy atom. The zero-order valence-corrected chi connectivity index (χ0v) is 13.4. The zero-order valence-electron chi connectivity index (χ0n) is 12.6. The van der Waals surface area contributed by atoms with Gasteiger partial charge < -0.3 is 16.0 Å². The Bertz CT molecular complexity index is 616. The van der Waals surface area contributed by atoms with Crippen LogP contribution in [0.15, 0.2) is 17.0 Å². The molecule has 7 heteroatoms. The molecule has 5 N–H and O–H groups in total. The second-order valence-electron chi connectivity index (χ2n) is 5.61. The number of nitrogens with one attached hydrogen (secondary N) is 1. The van der Waals surface area contributed by atoms with Crippen molar-refractivity contribution in [3.8, 4) is 0 Å². The highest BCUT2D eigenvalue weighted by Crippen LogP contribution is 2.27. The summed E-state index contributed by atoms with van der Waals surface area (Å²) in [4.78, 5) is 2.47. The molecule has 0 spiro atoms. The minimum Gasteiger partial charge on any atom is -0.399 e. The number of hydrogen-bond acceptors (Lipinski definition) is 5. The van der Waals surface area contributed by atoms with Crippen molar-refractivity contribution in [2.24, 2.45) is 5.14 Å². The van der Waals surface area contributed by atoms with Crippen LogP contribution >= 0.6 is 0 Å². The molecule has 2 rings (SSSR count). The molecule has 0 amide bonds. The summed E-state index contributed by atoms with van der Waals surface area (Å²) in [5.74, 6) is 0. The lowest BCUT2D eigenvalue weighted by atomic mass is 10.0. The fourth-order valence-electron chi connectivity index (χ4n) is 2.83. The van der Waals surface area contributed by atoms with E-state index in [0.717, 1.165) is 38.2 Å². The van der Waals surface area contributed by atoms with Gasteiger partial charge in [-0.2, -0.15) is 0 Å². The summed E-state index contributed by atoms with van der Waals surface area (Å²) >= 11 is 0. The van der Waals surface area contributed by atoms with Crippen LogP contribution in [-0.4, -0.2) is 39.0 Å². The van der Waals surface area contributed by atoms with E-state index in [1.165, 1.54) is 6.07 Å². The normalized spacial score (nSPS) is 20.4. The molecule has 1 fully saturated rings. The first-order valence-electron chi connectivity index (χ1n) is 7.23. The van der Waals surface area contributed by atoms with Crippen LogP contribution in [0.5, 0.6) is 0 Å². The molecule has 0 radical (unpaired) electrons. The number of benzene rings is 1. The highest BCUT2D eigenvalue weighted by molar-refractivity contribution is 7.89. The number of nitrogens with two attached hydrogens (primary N) is 2. The maximum Gasteiger partial charge on any atom is 0.238 e. The minimum atomic E-state index is -3.77. The fraction of sp³-hybridized carbons (Fsp3) is 0.571. The van der Waals surface area contributed by atoms with Crippen LogP contribution in [-0.2, 0) is 10.0 Å². The topological polar surface area (TPSA) is 101 Å². The smallest absolute Gasteiger partial charge is 0.238 e. The predicted octanol–water partition coefficient (Wildman–Crippen LogP) is 1.12. The van der Waals surface area contributed by atoms with Crippen molar-refractivity contribution in [3.63, 3.8) is 0 Å². The molecule has 1 aromatic rings. The largest absolute Gasteiger partial charge is 0.399 e. The van der Waals surface area contributed by atoms with Gasteiger partial charge in [0.05, 0.1) is 4.90 Å². The van der Waals surface area contributed by atoms with Crippen molar-refractivity contribution in [2.75, 3.05) is 30.7 Å². The van der Waals surface area contributed by atoms with Crippen molar-refractivity contribution in [3.05, 3.63) is 17.7 Å². The van der Waals surface area contributed by atoms with Crippen LogP contribution in [0.1, 0.15) is 25.3 Å². The number of likely N-dealkylation sites (N-methyl/N-ethyl adjacent to an activating group) is 1. The van der Waals surface area contributed by atoms with Crippen molar-refractivity contribution in [2.45, 2.75) is 37.6 Å². The van der Waals surface area contributed by atoms with E-state index in [4.69, 9.17) is 10.9 Å². The summed E-state index contributed by atoms with van der Waals surface area (Å²) in [5.41, 5.74) is 7.59. The first-order chi connectivity index (χ1) is 9.81. The van der Waals surface area contributed by atoms with Gasteiger partial charge in [-0.25, -0.2) is 13.6 Å². The second-order valence-corrected chi connectivity index (χ2v) is 7.14. The molecule has 1 atom stereocenters. The lowest BCUT2D eigenvalue weighted by molar-refractivity contribution is 0.227. The number of likely N-dealkylation sites (tertiary alicyclic amines) is 1. The number of rotatable bonds is 4. The van der Waals surface area contributed by atoms with E-state index < -0.39 is 10.0 Å². The molecule has 1 aromatic carbocycles. The van der Waals surface area contributed by atoms with Crippen LogP contribution in [0.4, 0.5) is 11.4 Å². The third-order valence-electron chi connectivity index (χ3n) is 4.00. The van der Waals surface area contributed by atoms with Crippen molar-refractivity contribution in [1.82, 2.24) is 4.90 Å². The molecule has 1 unspecified atom stereocenters. The van der Waals surface area contributed by atoms with Gasteiger partial charge in [-0.05, 0) is 50.6 Å². The Balaban J connectivity index is 2.26. The van der Waals surface area contributed by atoms with Crippen LogP contribution in [0.3, 0.4) is 0 Å². The number of hydrogen-bond donors (Lipinski definition) is 3. The number of nitrogen functional groups attached to an aromatic ring is 1. The molecule has 0 saturated carbocycles. The van der Waals surface area contributed by atoms with Gasteiger partial charge in [0.25, 0.3) is 0 Å². The number of primary sulfonamides is 1. The first kappa shape index (κ1) is 16.1. The molecular weight excluding hydrogens is 288 g/mol. The average molecular weight is 312 g/mol. The quantitative estimate of drug-likeness (QED) is 0.723. The van der Waals surface area contributed by atoms with Crippen molar-refractivity contribution < 1.29 is 8.42 Å². The molecular formula is C14H24N4O2S. The summed E-state index contributed by atoms with van der Waals surface area (Å²) in [5, 5.41) is 8.68. The molecule has 1 aliphatic rings. The monoisotopic (exact) mass is 312 g/mol. The van der Waals surface area contributed by atoms with E-state index in [0.29, 0.717) is 17.3 Å². The Labute approximate surface area is 126 Å². The number of piperidine rings is 1. The minimum absolute atomic E-state index is 0.0909. The summed E-state index contributed by atoms with van der Waals surface area (Å²) in [7, 11) is -3.77. The molecule has 0 aromatic heterocycles. The predicted molar refractivity (Wildman–Crippen MR) is 85.7 cm³/mol. The number of nitrogens with zero attached hydrogens (tertiary/aromatic N) is 1. The summed E-state index contributed by atoms with van der Waals surface area (Å²) in [6.07, 6.45) is 2.20. The standard InChI is InChI=1S/C14H24N4O2S/c1-3-18-6-4-5-12(9-18)17-13-7-11(15)8-14(10(13)2)21(16,19)20/h7-8,12,17H,3-6,9,15H2,1-2H3,(H2,16,19,20). The average Bonchev–Trinajstić information content (AvgIpc) is 2.41. The van der Waals surface area contributed by atoms with Gasteiger partial charge in [0.2, 0.25) is 10.0 Å². The van der Waals surface area contributed by atoms with Gasteiger partial charge in [-0.15, -0.1) is 0 Å². The SMILES string of the molecule is CCN1CCCC(Nc2cc(N)cc(S(N)(=O)=O)c2C)C1. The third-order valence-corrected chi connectivity index (χ3v) is 5.04. The second kappa shape index (κ2) is 6.21. The van der Waals surface area contributed by atoms with Gasteiger partial charge in [0, 0.05) is 24.0 Å². The molecule has 0 bridgehead atoms. The molecule has 21 heavy (non-hydrogen) atoms. The van der Waals surface area contributed by atoms with E-state index in [2.05, 4.69) is 17.1 Å². The van der Waals surface area contributed by atoms with Gasteiger partial charge >= 0.3 is 0 Å². The lowest BCUT2D eigenvalue weighted by Gasteiger charge is -2.33. The summed E-state index contributed by atoms with van der Waals surface area (Å²) in [6.45, 7) is 6.99. The Kier molecular flexibility index (Phi) is 4.75. The van der Waals surface area contributed by atoms with Gasteiger partial charge in [0.15, 0.2) is 0 Å². The van der Waals surface area contributed by atoms with Crippen molar-refractivity contribution >= 4 is 21.4 Å². The first-order valence-corrected chi connectivity index (χ1v) is 8.77. The Hall–Kier alpha value is -1.31. The molecule has 6 nitrogen and oxygen atoms in total. The Morgan fingerprint density at radius 1 is 1.43 bits per heavy atom. The molecule has 118 valence electrons. The maximum absolute atomic E-state index is 11.6. The maximum atomic E-state index is 11.6. The van der Waals surface area contributed by atoms with E-state index in [1.54, 1.807) is 13.0 Å². The third kappa shape index (κ3) is 3.87. The van der Waals surface area contributed by atoms with Gasteiger partial charge in [0.1, 0.15) is 0 Å². The summed E-state index contributed by atoms with van der Waals surface area (Å²) < 4.78 is 23.3. The molecule has 0 aliphatic carbocycles. The summed E-state index contributed by atoms with van der Waals surface area (Å²) in [6, 6.07) is 3.48. The molecule has 1 saturated heterocycles. The van der Waals surface area contributed by atoms with E-state index in [9.17, 15) is 8.42 Å². The van der Waals surface area contributed by atoms with E-state index in [1.807, 2.05) is 0 Å².